The molecule has 4 heteroatoms. The Morgan fingerprint density at radius 3 is 1.50 bits per heavy atom. The van der Waals surface area contributed by atoms with Crippen LogP contribution in [0.5, 0.6) is 0 Å². The maximum atomic E-state index is 5.00. The zero-order valence-corrected chi connectivity index (χ0v) is 17.5. The van der Waals surface area contributed by atoms with Gasteiger partial charge in [0.15, 0.2) is 0 Å². The predicted molar refractivity (Wildman–Crippen MR) is 129 cm³/mol. The van der Waals surface area contributed by atoms with Crippen LogP contribution in [0.4, 0.5) is 17.1 Å². The van der Waals surface area contributed by atoms with Gasteiger partial charge in [-0.25, -0.2) is 4.98 Å². The lowest BCUT2D eigenvalue weighted by Gasteiger charge is -2.20. The second-order valence-electron chi connectivity index (χ2n) is 7.02. The molecule has 0 aliphatic heterocycles. The monoisotopic (exact) mass is 394 g/mol. The largest absolute Gasteiger partial charge is 0.388 e. The van der Waals surface area contributed by atoms with Gasteiger partial charge < -0.3 is 16.0 Å². The van der Waals surface area contributed by atoms with Gasteiger partial charge in [0, 0.05) is 43.5 Å². The van der Waals surface area contributed by atoms with Gasteiger partial charge in [-0.05, 0) is 29.8 Å². The summed E-state index contributed by atoms with van der Waals surface area (Å²) in [5, 5.41) is 10.0. The summed E-state index contributed by atoms with van der Waals surface area (Å²) in [6.45, 7) is 0. The van der Waals surface area contributed by atoms with E-state index in [0.717, 1.165) is 50.7 Å². The number of pyridine rings is 1. The Kier molecular flexibility index (Phi) is 5.66. The van der Waals surface area contributed by atoms with E-state index < -0.39 is 0 Å². The number of anilines is 3. The summed E-state index contributed by atoms with van der Waals surface area (Å²) in [7, 11) is 5.85. The van der Waals surface area contributed by atoms with Gasteiger partial charge in [0.25, 0.3) is 0 Å². The maximum absolute atomic E-state index is 5.00. The van der Waals surface area contributed by atoms with Crippen LogP contribution in [0.15, 0.2) is 84.9 Å². The van der Waals surface area contributed by atoms with Crippen LogP contribution < -0.4 is 16.0 Å². The van der Waals surface area contributed by atoms with Gasteiger partial charge in [0.2, 0.25) is 0 Å². The van der Waals surface area contributed by atoms with Crippen molar-refractivity contribution in [2.45, 2.75) is 0 Å². The van der Waals surface area contributed by atoms with Crippen LogP contribution in [-0.4, -0.2) is 26.1 Å². The number of nitrogens with zero attached hydrogens (tertiary/aromatic N) is 1. The molecule has 3 aromatic carbocycles. The van der Waals surface area contributed by atoms with Gasteiger partial charge in [-0.15, -0.1) is 0 Å². The van der Waals surface area contributed by atoms with Crippen molar-refractivity contribution in [1.82, 2.24) is 4.98 Å². The highest BCUT2D eigenvalue weighted by atomic mass is 14.9. The number of aromatic nitrogens is 1. The highest BCUT2D eigenvalue weighted by Crippen LogP contribution is 2.42. The molecule has 0 spiro atoms. The van der Waals surface area contributed by atoms with Crippen molar-refractivity contribution in [3.63, 3.8) is 0 Å². The molecule has 0 radical (unpaired) electrons. The van der Waals surface area contributed by atoms with Crippen LogP contribution in [0.25, 0.3) is 33.6 Å². The lowest BCUT2D eigenvalue weighted by molar-refractivity contribution is 1.32. The first-order valence-electron chi connectivity index (χ1n) is 10.1. The average molecular weight is 395 g/mol. The topological polar surface area (TPSA) is 49.0 Å². The molecule has 0 amide bonds. The van der Waals surface area contributed by atoms with Gasteiger partial charge in [0.05, 0.1) is 22.8 Å². The van der Waals surface area contributed by atoms with Crippen LogP contribution in [-0.2, 0) is 0 Å². The van der Waals surface area contributed by atoms with E-state index in [9.17, 15) is 0 Å². The molecule has 0 unspecified atom stereocenters. The van der Waals surface area contributed by atoms with E-state index >= 15 is 0 Å². The lowest BCUT2D eigenvalue weighted by Crippen LogP contribution is -2.03. The Hall–Kier alpha value is -3.79. The van der Waals surface area contributed by atoms with Gasteiger partial charge in [-0.2, -0.15) is 0 Å². The van der Waals surface area contributed by atoms with E-state index in [-0.39, 0.29) is 0 Å². The Morgan fingerprint density at radius 1 is 0.533 bits per heavy atom. The quantitative estimate of drug-likeness (QED) is 0.364. The third-order valence-electron chi connectivity index (χ3n) is 5.25. The molecule has 3 N–H and O–H groups in total. The minimum atomic E-state index is 0.950. The Labute approximate surface area is 178 Å². The second-order valence-corrected chi connectivity index (χ2v) is 7.02. The fourth-order valence-corrected chi connectivity index (χ4v) is 3.77. The molecule has 0 bridgehead atoms. The van der Waals surface area contributed by atoms with Crippen molar-refractivity contribution in [2.24, 2.45) is 0 Å². The van der Waals surface area contributed by atoms with Gasteiger partial charge >= 0.3 is 0 Å². The molecule has 4 aromatic rings. The zero-order valence-electron chi connectivity index (χ0n) is 17.5. The normalized spacial score (nSPS) is 10.5. The average Bonchev–Trinajstić information content (AvgIpc) is 2.83. The Morgan fingerprint density at radius 2 is 1.03 bits per heavy atom. The summed E-state index contributed by atoms with van der Waals surface area (Å²) in [6.07, 6.45) is 0. The standard InChI is InChI=1S/C26H26N4/c1-27-21-14-15-22(28-2)26(29-3)25(21)20-16-23(18-10-6-4-7-11-18)30-24(17-20)19-12-8-5-9-13-19/h4-17,27-29H,1-3H3. The molecule has 1 aromatic heterocycles. The van der Waals surface area contributed by atoms with Gasteiger partial charge in [-0.1, -0.05) is 60.7 Å². The van der Waals surface area contributed by atoms with Crippen LogP contribution in [0.2, 0.25) is 0 Å². The molecule has 1 heterocycles. The molecular formula is C26H26N4. The summed E-state index contributed by atoms with van der Waals surface area (Å²) >= 11 is 0. The van der Waals surface area contributed by atoms with Crippen LogP contribution in [0, 0.1) is 0 Å². The van der Waals surface area contributed by atoms with E-state index in [1.807, 2.05) is 57.5 Å². The lowest BCUT2D eigenvalue weighted by atomic mass is 9.96. The molecule has 150 valence electrons. The third-order valence-corrected chi connectivity index (χ3v) is 5.25. The SMILES string of the molecule is CNc1ccc(NC)c(-c2cc(-c3ccccc3)nc(-c3ccccc3)c2)c1NC. The van der Waals surface area contributed by atoms with E-state index in [2.05, 4.69) is 64.5 Å². The van der Waals surface area contributed by atoms with E-state index in [0.29, 0.717) is 0 Å². The van der Waals surface area contributed by atoms with Gasteiger partial charge in [0.1, 0.15) is 0 Å². The fraction of sp³-hybridized carbons (Fsp3) is 0.115. The highest BCUT2D eigenvalue weighted by molar-refractivity contribution is 5.96. The summed E-state index contributed by atoms with van der Waals surface area (Å²) in [6, 6.07) is 29.2. The highest BCUT2D eigenvalue weighted by Gasteiger charge is 2.16. The number of nitrogens with one attached hydrogen (secondary N) is 3. The summed E-state index contributed by atoms with van der Waals surface area (Å²) in [5.74, 6) is 0. The van der Waals surface area contributed by atoms with Crippen molar-refractivity contribution >= 4 is 17.1 Å². The third kappa shape index (κ3) is 3.72. The molecule has 4 nitrogen and oxygen atoms in total. The summed E-state index contributed by atoms with van der Waals surface area (Å²) in [4.78, 5) is 5.00. The van der Waals surface area contributed by atoms with Crippen LogP contribution in [0.1, 0.15) is 0 Å². The Balaban J connectivity index is 2.01. The summed E-state index contributed by atoms with van der Waals surface area (Å²) < 4.78 is 0. The van der Waals surface area contributed by atoms with Crippen molar-refractivity contribution in [3.8, 4) is 33.6 Å². The number of hydrogen-bond donors (Lipinski definition) is 3. The first-order chi connectivity index (χ1) is 14.7. The fourth-order valence-electron chi connectivity index (χ4n) is 3.77. The second kappa shape index (κ2) is 8.70. The smallest absolute Gasteiger partial charge is 0.0715 e. The minimum Gasteiger partial charge on any atom is -0.388 e. The van der Waals surface area contributed by atoms with Gasteiger partial charge in [-0.3, -0.25) is 0 Å². The molecule has 0 aliphatic rings. The van der Waals surface area contributed by atoms with Crippen molar-refractivity contribution in [3.05, 3.63) is 84.9 Å². The molecule has 30 heavy (non-hydrogen) atoms. The van der Waals surface area contributed by atoms with Crippen molar-refractivity contribution < 1.29 is 0 Å². The molecule has 0 saturated heterocycles. The number of rotatable bonds is 6. The molecule has 0 fully saturated rings. The first-order valence-corrected chi connectivity index (χ1v) is 10.1. The van der Waals surface area contributed by atoms with Crippen LogP contribution >= 0.6 is 0 Å². The van der Waals surface area contributed by atoms with Crippen molar-refractivity contribution in [1.29, 1.82) is 0 Å². The summed E-state index contributed by atoms with van der Waals surface area (Å²) in [5.41, 5.74) is 9.47. The molecule has 0 aliphatic carbocycles. The van der Waals surface area contributed by atoms with E-state index in [4.69, 9.17) is 4.98 Å². The Bertz CT molecular complexity index is 1080. The molecule has 0 atom stereocenters. The van der Waals surface area contributed by atoms with Crippen LogP contribution in [0.3, 0.4) is 0 Å². The number of benzene rings is 3. The minimum absolute atomic E-state index is 0.950. The molecule has 4 rings (SSSR count). The number of hydrogen-bond acceptors (Lipinski definition) is 4. The van der Waals surface area contributed by atoms with E-state index in [1.165, 1.54) is 0 Å². The predicted octanol–water partition coefficient (Wildman–Crippen LogP) is 6.21. The molecule has 0 saturated carbocycles. The zero-order chi connectivity index (χ0) is 20.9. The van der Waals surface area contributed by atoms with E-state index in [1.54, 1.807) is 0 Å². The molecular weight excluding hydrogens is 368 g/mol. The first kappa shape index (κ1) is 19.5. The maximum Gasteiger partial charge on any atom is 0.0715 e. The van der Waals surface area contributed by atoms with Crippen molar-refractivity contribution in [2.75, 3.05) is 37.1 Å².